The van der Waals surface area contributed by atoms with Gasteiger partial charge in [-0.25, -0.2) is 9.59 Å². The SMILES string of the molecule is C[C@H](O)[C@H](C(=O)O)N(C)C(=O)OC(C)(C)C. The summed E-state index contributed by atoms with van der Waals surface area (Å²) in [5.74, 6) is -1.27. The van der Waals surface area contributed by atoms with Gasteiger partial charge in [0.2, 0.25) is 0 Å². The minimum absolute atomic E-state index is 0.701. The molecule has 0 aliphatic heterocycles. The Morgan fingerprint density at radius 1 is 1.31 bits per heavy atom. The van der Waals surface area contributed by atoms with Crippen LogP contribution >= 0.6 is 0 Å². The first-order valence-corrected chi connectivity index (χ1v) is 4.93. The minimum atomic E-state index is -1.31. The lowest BCUT2D eigenvalue weighted by Gasteiger charge is -2.29. The minimum Gasteiger partial charge on any atom is -0.480 e. The fourth-order valence-corrected chi connectivity index (χ4v) is 1.14. The Kier molecular flexibility index (Phi) is 4.74. The van der Waals surface area contributed by atoms with Crippen molar-refractivity contribution in [2.24, 2.45) is 0 Å². The first-order chi connectivity index (χ1) is 7.06. The smallest absolute Gasteiger partial charge is 0.410 e. The van der Waals surface area contributed by atoms with E-state index in [1.54, 1.807) is 20.8 Å². The van der Waals surface area contributed by atoms with Crippen molar-refractivity contribution >= 4 is 12.1 Å². The number of amides is 1. The molecule has 2 N–H and O–H groups in total. The maximum absolute atomic E-state index is 11.5. The largest absolute Gasteiger partial charge is 0.480 e. The Labute approximate surface area is 94.8 Å². The van der Waals surface area contributed by atoms with Gasteiger partial charge in [-0.05, 0) is 27.7 Å². The van der Waals surface area contributed by atoms with Gasteiger partial charge in [0.25, 0.3) is 0 Å². The molecule has 0 radical (unpaired) electrons. The van der Waals surface area contributed by atoms with E-state index in [0.717, 1.165) is 4.90 Å². The van der Waals surface area contributed by atoms with Crippen LogP contribution in [0.3, 0.4) is 0 Å². The highest BCUT2D eigenvalue weighted by atomic mass is 16.6. The van der Waals surface area contributed by atoms with E-state index in [4.69, 9.17) is 9.84 Å². The Bertz CT molecular complexity index is 269. The summed E-state index contributed by atoms with van der Waals surface area (Å²) in [4.78, 5) is 23.3. The second kappa shape index (κ2) is 5.16. The van der Waals surface area contributed by atoms with Crippen LogP contribution in [0.1, 0.15) is 27.7 Å². The van der Waals surface area contributed by atoms with Gasteiger partial charge in [-0.15, -0.1) is 0 Å². The van der Waals surface area contributed by atoms with E-state index < -0.39 is 29.8 Å². The quantitative estimate of drug-likeness (QED) is 0.748. The number of likely N-dealkylation sites (N-methyl/N-ethyl adjacent to an activating group) is 1. The molecule has 2 atom stereocenters. The van der Waals surface area contributed by atoms with E-state index in [2.05, 4.69) is 0 Å². The molecule has 0 aliphatic carbocycles. The van der Waals surface area contributed by atoms with E-state index in [-0.39, 0.29) is 0 Å². The lowest BCUT2D eigenvalue weighted by atomic mass is 10.1. The zero-order valence-corrected chi connectivity index (χ0v) is 10.2. The van der Waals surface area contributed by atoms with Gasteiger partial charge in [0, 0.05) is 7.05 Å². The second-order valence-corrected chi connectivity index (χ2v) is 4.61. The number of hydrogen-bond acceptors (Lipinski definition) is 4. The highest BCUT2D eigenvalue weighted by Gasteiger charge is 2.33. The molecule has 0 aliphatic rings. The summed E-state index contributed by atoms with van der Waals surface area (Å²) in [5, 5.41) is 18.1. The van der Waals surface area contributed by atoms with Crippen LogP contribution in [0.4, 0.5) is 4.79 Å². The van der Waals surface area contributed by atoms with Crippen LogP contribution in [0.5, 0.6) is 0 Å². The molecule has 6 nitrogen and oxygen atoms in total. The standard InChI is InChI=1S/C10H19NO5/c1-6(12)7(8(13)14)11(5)9(15)16-10(2,3)4/h6-7,12H,1-5H3,(H,13,14)/t6-,7+/m0/s1. The predicted molar refractivity (Wildman–Crippen MR) is 57.1 cm³/mol. The van der Waals surface area contributed by atoms with Crippen molar-refractivity contribution in [1.29, 1.82) is 0 Å². The molecule has 0 saturated heterocycles. The van der Waals surface area contributed by atoms with Crippen LogP contribution in [0.15, 0.2) is 0 Å². The number of nitrogens with zero attached hydrogens (tertiary/aromatic N) is 1. The molecule has 16 heavy (non-hydrogen) atoms. The monoisotopic (exact) mass is 233 g/mol. The molecule has 0 fully saturated rings. The first kappa shape index (κ1) is 14.7. The van der Waals surface area contributed by atoms with Crippen LogP contribution < -0.4 is 0 Å². The average Bonchev–Trinajstić information content (AvgIpc) is 1.98. The van der Waals surface area contributed by atoms with Crippen molar-refractivity contribution in [3.63, 3.8) is 0 Å². The van der Waals surface area contributed by atoms with Crippen LogP contribution in [0, 0.1) is 0 Å². The molecule has 6 heteroatoms. The van der Waals surface area contributed by atoms with Crippen molar-refractivity contribution in [3.8, 4) is 0 Å². The topological polar surface area (TPSA) is 87.1 Å². The maximum atomic E-state index is 11.5. The number of aliphatic hydroxyl groups is 1. The summed E-state index contributed by atoms with van der Waals surface area (Å²) in [6.07, 6.45) is -1.95. The number of aliphatic carboxylic acids is 1. The van der Waals surface area contributed by atoms with Gasteiger partial charge in [0.1, 0.15) is 5.60 Å². The number of carboxylic acid groups (broad SMARTS) is 1. The van der Waals surface area contributed by atoms with Crippen LogP contribution in [-0.2, 0) is 9.53 Å². The highest BCUT2D eigenvalue weighted by Crippen LogP contribution is 2.12. The molecule has 0 aromatic rings. The summed E-state index contributed by atoms with van der Waals surface area (Å²) >= 11 is 0. The van der Waals surface area contributed by atoms with Crippen LogP contribution in [-0.4, -0.2) is 52.0 Å². The molecule has 0 aromatic carbocycles. The molecule has 94 valence electrons. The van der Waals surface area contributed by atoms with Crippen molar-refractivity contribution in [1.82, 2.24) is 4.90 Å². The third-order valence-electron chi connectivity index (χ3n) is 1.81. The van der Waals surface area contributed by atoms with Gasteiger partial charge >= 0.3 is 12.1 Å². The fraction of sp³-hybridized carbons (Fsp3) is 0.800. The predicted octanol–water partition coefficient (Wildman–Crippen LogP) is 0.687. The molecule has 0 aromatic heterocycles. The Balaban J connectivity index is 4.69. The van der Waals surface area contributed by atoms with E-state index in [1.807, 2.05) is 0 Å². The number of carboxylic acids is 1. The highest BCUT2D eigenvalue weighted by molar-refractivity contribution is 5.80. The molecular formula is C10H19NO5. The molecule has 0 spiro atoms. The summed E-state index contributed by atoms with van der Waals surface area (Å²) < 4.78 is 4.99. The van der Waals surface area contributed by atoms with Crippen molar-refractivity contribution in [2.75, 3.05) is 7.05 Å². The zero-order chi connectivity index (χ0) is 13.1. The maximum Gasteiger partial charge on any atom is 0.410 e. The zero-order valence-electron chi connectivity index (χ0n) is 10.2. The summed E-state index contributed by atoms with van der Waals surface area (Å²) in [6.45, 7) is 6.34. The Hall–Kier alpha value is -1.30. The third kappa shape index (κ3) is 4.48. The lowest BCUT2D eigenvalue weighted by molar-refractivity contribution is -0.146. The molecule has 0 rings (SSSR count). The van der Waals surface area contributed by atoms with E-state index in [1.165, 1.54) is 14.0 Å². The van der Waals surface area contributed by atoms with Gasteiger partial charge < -0.3 is 14.9 Å². The Morgan fingerprint density at radius 2 is 1.75 bits per heavy atom. The van der Waals surface area contributed by atoms with Gasteiger partial charge in [-0.2, -0.15) is 0 Å². The second-order valence-electron chi connectivity index (χ2n) is 4.61. The van der Waals surface area contributed by atoms with Crippen molar-refractivity contribution < 1.29 is 24.5 Å². The van der Waals surface area contributed by atoms with E-state index in [9.17, 15) is 14.7 Å². The normalized spacial score (nSPS) is 15.1. The summed E-state index contributed by atoms with van der Waals surface area (Å²) in [6, 6.07) is -1.31. The van der Waals surface area contributed by atoms with Gasteiger partial charge in [0.15, 0.2) is 6.04 Å². The number of carbonyl (C=O) groups excluding carboxylic acids is 1. The first-order valence-electron chi connectivity index (χ1n) is 4.93. The Morgan fingerprint density at radius 3 is 2.00 bits per heavy atom. The molecule has 0 bridgehead atoms. The average molecular weight is 233 g/mol. The number of hydrogen-bond donors (Lipinski definition) is 2. The molecule has 0 unspecified atom stereocenters. The number of aliphatic hydroxyl groups excluding tert-OH is 1. The van der Waals surface area contributed by atoms with Gasteiger partial charge in [-0.1, -0.05) is 0 Å². The number of rotatable bonds is 3. The van der Waals surface area contributed by atoms with E-state index in [0.29, 0.717) is 0 Å². The van der Waals surface area contributed by atoms with Crippen LogP contribution in [0.2, 0.25) is 0 Å². The summed E-state index contributed by atoms with van der Waals surface area (Å²) in [5.41, 5.74) is -0.701. The molecule has 0 heterocycles. The lowest BCUT2D eigenvalue weighted by Crippen LogP contribution is -2.50. The summed E-state index contributed by atoms with van der Waals surface area (Å²) in [7, 11) is 1.28. The third-order valence-corrected chi connectivity index (χ3v) is 1.81. The van der Waals surface area contributed by atoms with Crippen molar-refractivity contribution in [2.45, 2.75) is 45.4 Å². The molecule has 1 amide bonds. The fourth-order valence-electron chi connectivity index (χ4n) is 1.14. The van der Waals surface area contributed by atoms with Crippen molar-refractivity contribution in [3.05, 3.63) is 0 Å². The molecule has 0 saturated carbocycles. The van der Waals surface area contributed by atoms with E-state index >= 15 is 0 Å². The van der Waals surface area contributed by atoms with Gasteiger partial charge in [0.05, 0.1) is 6.10 Å². The van der Waals surface area contributed by atoms with Crippen LogP contribution in [0.25, 0.3) is 0 Å². The van der Waals surface area contributed by atoms with Gasteiger partial charge in [-0.3, -0.25) is 4.90 Å². The molecular weight excluding hydrogens is 214 g/mol. The number of carbonyl (C=O) groups is 2. The number of ether oxygens (including phenoxy) is 1.